The van der Waals surface area contributed by atoms with Gasteiger partial charge in [0.15, 0.2) is 0 Å². The quantitative estimate of drug-likeness (QED) is 0.447. The molecule has 0 aliphatic heterocycles. The summed E-state index contributed by atoms with van der Waals surface area (Å²) in [5, 5.41) is 1.35. The van der Waals surface area contributed by atoms with Crippen molar-refractivity contribution in [3.63, 3.8) is 0 Å². The molecule has 1 aliphatic rings. The molecule has 9 heavy (non-hydrogen) atoms. The van der Waals surface area contributed by atoms with Crippen LogP contribution >= 0.6 is 0 Å². The predicted molar refractivity (Wildman–Crippen MR) is 41.4 cm³/mol. The SMILES string of the molecule is CC1=C(C)C(C)=C([Si])C1. The third kappa shape index (κ3) is 1.01. The van der Waals surface area contributed by atoms with Gasteiger partial charge in [0, 0.05) is 0 Å². The van der Waals surface area contributed by atoms with Crippen LogP contribution in [0.3, 0.4) is 0 Å². The molecule has 0 amide bonds. The van der Waals surface area contributed by atoms with Crippen molar-refractivity contribution in [1.82, 2.24) is 0 Å². The van der Waals surface area contributed by atoms with Gasteiger partial charge in [-0.05, 0) is 32.8 Å². The minimum absolute atomic E-state index is 1.12. The minimum Gasteiger partial charge on any atom is -0.0813 e. The van der Waals surface area contributed by atoms with Gasteiger partial charge in [0.1, 0.15) is 0 Å². The maximum atomic E-state index is 3.57. The highest BCUT2D eigenvalue weighted by Crippen LogP contribution is 2.28. The van der Waals surface area contributed by atoms with Crippen molar-refractivity contribution < 1.29 is 0 Å². The van der Waals surface area contributed by atoms with Crippen LogP contribution in [0, 0.1) is 0 Å². The molecule has 0 atom stereocenters. The lowest BCUT2D eigenvalue weighted by Crippen LogP contribution is -1.78. The van der Waals surface area contributed by atoms with E-state index in [0.29, 0.717) is 0 Å². The molecule has 0 aromatic rings. The van der Waals surface area contributed by atoms with Gasteiger partial charge in [0.2, 0.25) is 0 Å². The summed E-state index contributed by atoms with van der Waals surface area (Å²) >= 11 is 0. The van der Waals surface area contributed by atoms with Gasteiger partial charge in [-0.15, -0.1) is 0 Å². The van der Waals surface area contributed by atoms with Crippen molar-refractivity contribution in [3.05, 3.63) is 21.9 Å². The zero-order valence-electron chi connectivity index (χ0n) is 6.21. The highest BCUT2D eigenvalue weighted by Gasteiger charge is 2.10. The van der Waals surface area contributed by atoms with Gasteiger partial charge in [-0.25, -0.2) is 0 Å². The molecule has 1 rings (SSSR count). The van der Waals surface area contributed by atoms with E-state index in [-0.39, 0.29) is 0 Å². The molecule has 0 saturated heterocycles. The Kier molecular flexibility index (Phi) is 1.62. The molecule has 0 unspecified atom stereocenters. The second-order valence-corrected chi connectivity index (χ2v) is 3.29. The molecule has 3 radical (unpaired) electrons. The monoisotopic (exact) mass is 135 g/mol. The summed E-state index contributed by atoms with van der Waals surface area (Å²) in [6.07, 6.45) is 1.12. The van der Waals surface area contributed by atoms with E-state index in [0.717, 1.165) is 6.42 Å². The molecule has 0 spiro atoms. The average Bonchev–Trinajstić information content (AvgIpc) is 1.98. The van der Waals surface area contributed by atoms with E-state index in [1.165, 1.54) is 21.9 Å². The van der Waals surface area contributed by atoms with Crippen molar-refractivity contribution in [1.29, 1.82) is 0 Å². The molecule has 1 heteroatoms. The molecule has 0 heterocycles. The van der Waals surface area contributed by atoms with Gasteiger partial charge in [-0.2, -0.15) is 0 Å². The molecule has 0 bridgehead atoms. The number of hydrogen-bond donors (Lipinski definition) is 0. The topological polar surface area (TPSA) is 0 Å². The summed E-state index contributed by atoms with van der Waals surface area (Å²) in [5.41, 5.74) is 4.38. The predicted octanol–water partition coefficient (Wildman–Crippen LogP) is 2.17. The van der Waals surface area contributed by atoms with Crippen LogP contribution in [0.5, 0.6) is 0 Å². The normalized spacial score (nSPS) is 20.0. The molecule has 0 aromatic carbocycles. The van der Waals surface area contributed by atoms with E-state index >= 15 is 0 Å². The van der Waals surface area contributed by atoms with Crippen molar-refractivity contribution in [2.24, 2.45) is 0 Å². The first-order chi connectivity index (χ1) is 4.13. The molecule has 0 nitrogen and oxygen atoms in total. The van der Waals surface area contributed by atoms with Crippen LogP contribution in [0.25, 0.3) is 0 Å². The standard InChI is InChI=1S/C8H11Si/c1-5-4-8(9)7(3)6(5)2/h4H2,1-3H3. The Morgan fingerprint density at radius 3 is 1.78 bits per heavy atom. The summed E-state index contributed by atoms with van der Waals surface area (Å²) in [7, 11) is 3.57. The van der Waals surface area contributed by atoms with Crippen LogP contribution in [0.15, 0.2) is 21.9 Å². The van der Waals surface area contributed by atoms with E-state index < -0.39 is 0 Å². The van der Waals surface area contributed by atoms with E-state index in [2.05, 4.69) is 31.0 Å². The molecule has 1 aliphatic carbocycles. The number of allylic oxidation sites excluding steroid dienone is 4. The van der Waals surface area contributed by atoms with Gasteiger partial charge < -0.3 is 0 Å². The molecule has 47 valence electrons. The second-order valence-electron chi connectivity index (χ2n) is 2.69. The Labute approximate surface area is 60.1 Å². The summed E-state index contributed by atoms with van der Waals surface area (Å²) in [6, 6.07) is 0. The second kappa shape index (κ2) is 2.14. The Bertz CT molecular complexity index is 175. The summed E-state index contributed by atoms with van der Waals surface area (Å²) < 4.78 is 0. The van der Waals surface area contributed by atoms with Gasteiger partial charge in [0.25, 0.3) is 0 Å². The van der Waals surface area contributed by atoms with Crippen LogP contribution in [-0.2, 0) is 0 Å². The van der Waals surface area contributed by atoms with Crippen LogP contribution in [0.4, 0.5) is 0 Å². The van der Waals surface area contributed by atoms with Gasteiger partial charge in [-0.3, -0.25) is 0 Å². The first-order valence-corrected chi connectivity index (χ1v) is 3.71. The third-order valence-electron chi connectivity index (χ3n) is 2.10. The molecular weight excluding hydrogens is 124 g/mol. The Morgan fingerprint density at radius 2 is 1.67 bits per heavy atom. The fourth-order valence-electron chi connectivity index (χ4n) is 1.08. The van der Waals surface area contributed by atoms with Crippen LogP contribution in [-0.4, -0.2) is 10.2 Å². The van der Waals surface area contributed by atoms with Gasteiger partial charge in [0.05, 0.1) is 10.2 Å². The summed E-state index contributed by atoms with van der Waals surface area (Å²) in [4.78, 5) is 0. The van der Waals surface area contributed by atoms with Crippen molar-refractivity contribution in [2.45, 2.75) is 27.2 Å². The molecular formula is C8H11Si. The number of rotatable bonds is 0. The van der Waals surface area contributed by atoms with Crippen LogP contribution in [0.2, 0.25) is 0 Å². The Morgan fingerprint density at radius 1 is 1.11 bits per heavy atom. The van der Waals surface area contributed by atoms with E-state index in [4.69, 9.17) is 0 Å². The van der Waals surface area contributed by atoms with E-state index in [9.17, 15) is 0 Å². The van der Waals surface area contributed by atoms with E-state index in [1.54, 1.807) is 0 Å². The van der Waals surface area contributed by atoms with Crippen molar-refractivity contribution >= 4 is 10.2 Å². The first-order valence-electron chi connectivity index (χ1n) is 3.21. The minimum atomic E-state index is 1.12. The number of hydrogen-bond acceptors (Lipinski definition) is 0. The molecule has 0 saturated carbocycles. The lowest BCUT2D eigenvalue weighted by molar-refractivity contribution is 1.20. The highest BCUT2D eigenvalue weighted by molar-refractivity contribution is 6.23. The lowest BCUT2D eigenvalue weighted by atomic mass is 10.1. The zero-order valence-corrected chi connectivity index (χ0v) is 7.21. The van der Waals surface area contributed by atoms with E-state index in [1.807, 2.05) is 0 Å². The average molecular weight is 135 g/mol. The maximum absolute atomic E-state index is 3.57. The largest absolute Gasteiger partial charge is 0.0813 e. The fraction of sp³-hybridized carbons (Fsp3) is 0.500. The first kappa shape index (κ1) is 6.81. The maximum Gasteiger partial charge on any atom is 0.0659 e. The molecule has 0 fully saturated rings. The zero-order chi connectivity index (χ0) is 7.02. The highest BCUT2D eigenvalue weighted by atomic mass is 28.1. The Hall–Kier alpha value is -0.303. The van der Waals surface area contributed by atoms with Gasteiger partial charge >= 0.3 is 0 Å². The fourth-order valence-corrected chi connectivity index (χ4v) is 1.53. The smallest absolute Gasteiger partial charge is 0.0659 e. The van der Waals surface area contributed by atoms with Crippen LogP contribution < -0.4 is 0 Å². The summed E-state index contributed by atoms with van der Waals surface area (Å²) in [6.45, 7) is 6.53. The van der Waals surface area contributed by atoms with Crippen LogP contribution in [0.1, 0.15) is 27.2 Å². The van der Waals surface area contributed by atoms with Crippen molar-refractivity contribution in [3.8, 4) is 0 Å². The summed E-state index contributed by atoms with van der Waals surface area (Å²) in [5.74, 6) is 0. The molecule has 0 N–H and O–H groups in total. The molecule has 0 aromatic heterocycles. The Balaban J connectivity index is 2.97. The van der Waals surface area contributed by atoms with Gasteiger partial charge in [-0.1, -0.05) is 16.3 Å². The van der Waals surface area contributed by atoms with Crippen molar-refractivity contribution in [2.75, 3.05) is 0 Å². The third-order valence-corrected chi connectivity index (χ3v) is 2.65. The lowest BCUT2D eigenvalue weighted by Gasteiger charge is -1.94.